The molecule has 0 bridgehead atoms. The molecule has 21 heteroatoms. The monoisotopic (exact) mass is 1000 g/mol. The maximum Gasteiger partial charge on any atom is 0.342 e. The number of hydrogen-bond acceptors (Lipinski definition) is 14. The Morgan fingerprint density at radius 2 is 1.69 bits per heavy atom. The highest BCUT2D eigenvalue weighted by Crippen LogP contribution is 2.41. The minimum Gasteiger partial charge on any atom is -0.495 e. The van der Waals surface area contributed by atoms with Crippen molar-refractivity contribution in [3.8, 4) is 5.75 Å². The molecule has 5 amide bonds. The second kappa shape index (κ2) is 21.6. The van der Waals surface area contributed by atoms with Crippen LogP contribution < -0.4 is 35.8 Å². The van der Waals surface area contributed by atoms with Gasteiger partial charge in [0.2, 0.25) is 17.8 Å². The summed E-state index contributed by atoms with van der Waals surface area (Å²) in [5.74, 6) is -7.04. The maximum absolute atomic E-state index is 15.8. The number of fused-ring (bicyclic) bond motifs is 2. The van der Waals surface area contributed by atoms with Crippen LogP contribution in [0.3, 0.4) is 0 Å². The first-order valence-corrected chi connectivity index (χ1v) is 25.0. The number of methoxy groups -OCH3 is 1. The van der Waals surface area contributed by atoms with Gasteiger partial charge in [-0.25, -0.2) is 9.37 Å². The number of ether oxygens (including phenoxy) is 3. The molecule has 5 heterocycles. The molecular formula is C51H67F3N10O8. The van der Waals surface area contributed by atoms with Crippen LogP contribution in [0, 0.1) is 5.82 Å². The van der Waals surface area contributed by atoms with Crippen molar-refractivity contribution in [3.05, 3.63) is 59.0 Å². The number of carbonyl (C=O) groups is 5. The molecule has 3 fully saturated rings. The molecule has 390 valence electrons. The summed E-state index contributed by atoms with van der Waals surface area (Å²) >= 11 is 0. The highest BCUT2D eigenvalue weighted by atomic mass is 19.3. The van der Waals surface area contributed by atoms with Gasteiger partial charge in [0.1, 0.15) is 23.3 Å². The van der Waals surface area contributed by atoms with Crippen LogP contribution in [0.4, 0.5) is 42.0 Å². The second-order valence-corrected chi connectivity index (χ2v) is 20.6. The normalized spacial score (nSPS) is 20.1. The van der Waals surface area contributed by atoms with E-state index in [-0.39, 0.29) is 70.3 Å². The van der Waals surface area contributed by atoms with Crippen molar-refractivity contribution in [1.82, 2.24) is 30.4 Å². The van der Waals surface area contributed by atoms with E-state index in [0.29, 0.717) is 77.0 Å². The van der Waals surface area contributed by atoms with Crippen molar-refractivity contribution in [2.45, 2.75) is 134 Å². The van der Waals surface area contributed by atoms with Gasteiger partial charge in [-0.05, 0) is 90.8 Å². The number of nitrogens with one attached hydrogen (secondary N) is 4. The van der Waals surface area contributed by atoms with E-state index < -0.39 is 47.6 Å². The fourth-order valence-electron chi connectivity index (χ4n) is 10.3. The Hall–Kier alpha value is -6.06. The third-order valence-corrected chi connectivity index (χ3v) is 14.8. The number of aromatic nitrogens is 2. The van der Waals surface area contributed by atoms with E-state index in [1.54, 1.807) is 6.07 Å². The number of piperidine rings is 2. The lowest BCUT2D eigenvalue weighted by Gasteiger charge is -2.43. The Balaban J connectivity index is 0.761. The van der Waals surface area contributed by atoms with Gasteiger partial charge in [-0.2, -0.15) is 13.8 Å². The largest absolute Gasteiger partial charge is 0.495 e. The summed E-state index contributed by atoms with van der Waals surface area (Å²) in [6, 6.07) is 6.82. The third kappa shape index (κ3) is 11.6. The van der Waals surface area contributed by atoms with Gasteiger partial charge < -0.3 is 44.9 Å². The number of benzene rings is 2. The highest BCUT2D eigenvalue weighted by Gasteiger charge is 2.49. The molecule has 1 atom stereocenters. The molecule has 8 rings (SSSR count). The van der Waals surface area contributed by atoms with Crippen LogP contribution >= 0.6 is 0 Å². The smallest absolute Gasteiger partial charge is 0.342 e. The first-order chi connectivity index (χ1) is 34.2. The lowest BCUT2D eigenvalue weighted by Crippen LogP contribution is -2.52. The van der Waals surface area contributed by atoms with Crippen molar-refractivity contribution in [2.24, 2.45) is 0 Å². The van der Waals surface area contributed by atoms with Crippen LogP contribution in [0.15, 0.2) is 36.5 Å². The molecule has 3 aromatic rings. The Labute approximate surface area is 418 Å². The fourth-order valence-corrected chi connectivity index (χ4v) is 10.3. The van der Waals surface area contributed by atoms with Crippen LogP contribution in [-0.4, -0.2) is 145 Å². The van der Waals surface area contributed by atoms with E-state index in [2.05, 4.69) is 50.0 Å². The molecule has 0 spiro atoms. The molecule has 1 unspecified atom stereocenters. The van der Waals surface area contributed by atoms with E-state index in [9.17, 15) is 24.0 Å². The van der Waals surface area contributed by atoms with E-state index in [1.807, 2.05) is 26.0 Å². The van der Waals surface area contributed by atoms with Crippen molar-refractivity contribution in [1.29, 1.82) is 0 Å². The average Bonchev–Trinajstić information content (AvgIpc) is 3.99. The Morgan fingerprint density at radius 3 is 2.42 bits per heavy atom. The summed E-state index contributed by atoms with van der Waals surface area (Å²) in [5, 5.41) is 11.7. The van der Waals surface area contributed by atoms with Gasteiger partial charge >= 0.3 is 5.92 Å². The third-order valence-electron chi connectivity index (χ3n) is 14.8. The minimum atomic E-state index is -3.63. The van der Waals surface area contributed by atoms with Crippen LogP contribution in [-0.2, 0) is 30.4 Å². The molecule has 1 aromatic heterocycles. The van der Waals surface area contributed by atoms with Crippen molar-refractivity contribution < 1.29 is 51.4 Å². The van der Waals surface area contributed by atoms with E-state index in [1.165, 1.54) is 36.2 Å². The Morgan fingerprint density at radius 1 is 0.944 bits per heavy atom. The second-order valence-electron chi connectivity index (χ2n) is 20.6. The zero-order valence-electron chi connectivity index (χ0n) is 42.0. The van der Waals surface area contributed by atoms with Crippen molar-refractivity contribution >= 4 is 58.4 Å². The lowest BCUT2D eigenvalue weighted by atomic mass is 9.93. The number of anilines is 5. The zero-order valence-corrected chi connectivity index (χ0v) is 42.0. The predicted molar refractivity (Wildman–Crippen MR) is 263 cm³/mol. The minimum absolute atomic E-state index is 0.0210. The number of amides is 5. The average molecular weight is 1010 g/mol. The number of likely N-dealkylation sites (tertiary alicyclic amines) is 1. The number of carbonyl (C=O) groups excluding carboxylic acids is 5. The number of halogens is 3. The zero-order chi connectivity index (χ0) is 51.5. The molecule has 5 aliphatic rings. The molecule has 72 heavy (non-hydrogen) atoms. The summed E-state index contributed by atoms with van der Waals surface area (Å²) in [4.78, 5) is 78.6. The molecule has 4 N–H and O–H groups in total. The van der Waals surface area contributed by atoms with Crippen molar-refractivity contribution in [3.63, 3.8) is 0 Å². The molecule has 4 aliphatic heterocycles. The first kappa shape index (κ1) is 52.3. The topological polar surface area (TPSA) is 200 Å². The number of nitrogens with zero attached hydrogens (tertiary/aromatic N) is 6. The summed E-state index contributed by atoms with van der Waals surface area (Å²) in [5.41, 5.74) is 1.64. The highest BCUT2D eigenvalue weighted by molar-refractivity contribution is 6.06. The molecule has 2 aromatic carbocycles. The summed E-state index contributed by atoms with van der Waals surface area (Å²) in [6.07, 6.45) is 7.70. The first-order valence-electron chi connectivity index (χ1n) is 25.0. The SMILES string of the molecule is COc1cc(C(=O)NC2CCN(C(C)(C)CCOC(C)(C)CCOCCNc3cccc4c3CN(C3CCC(=O)NC3=O)C4=O)CC2)c(F)cc1Nc1ncc2c(n1)N(C1CCCC1)CC(F)(F)C(=O)N2C. The quantitative estimate of drug-likeness (QED) is 0.0786. The molecule has 0 radical (unpaired) electrons. The number of hydrogen-bond donors (Lipinski definition) is 4. The predicted octanol–water partition coefficient (Wildman–Crippen LogP) is 6.17. The number of rotatable bonds is 19. The maximum atomic E-state index is 15.8. The molecule has 2 saturated heterocycles. The van der Waals surface area contributed by atoms with Crippen LogP contribution in [0.1, 0.15) is 118 Å². The van der Waals surface area contributed by atoms with E-state index >= 15 is 13.2 Å². The van der Waals surface area contributed by atoms with E-state index in [4.69, 9.17) is 14.2 Å². The van der Waals surface area contributed by atoms with Gasteiger partial charge in [-0.3, -0.25) is 34.2 Å². The molecule has 1 saturated carbocycles. The fraction of sp³-hybridized carbons (Fsp3) is 0.588. The summed E-state index contributed by atoms with van der Waals surface area (Å²) < 4.78 is 63.8. The number of alkyl halides is 2. The molecular weight excluding hydrogens is 938 g/mol. The number of imide groups is 1. The Bertz CT molecular complexity index is 2530. The van der Waals surface area contributed by atoms with Crippen LogP contribution in [0.5, 0.6) is 5.75 Å². The lowest BCUT2D eigenvalue weighted by molar-refractivity contribution is -0.140. The Kier molecular flexibility index (Phi) is 15.7. The van der Waals surface area contributed by atoms with Crippen LogP contribution in [0.25, 0.3) is 0 Å². The van der Waals surface area contributed by atoms with Gasteiger partial charge in [0.15, 0.2) is 5.82 Å². The van der Waals surface area contributed by atoms with Crippen molar-refractivity contribution in [2.75, 3.05) is 80.6 Å². The van der Waals surface area contributed by atoms with Crippen LogP contribution in [0.2, 0.25) is 0 Å². The van der Waals surface area contributed by atoms with Gasteiger partial charge in [0, 0.05) is 93.4 Å². The summed E-state index contributed by atoms with van der Waals surface area (Å²) in [7, 11) is 2.65. The van der Waals surface area contributed by atoms with Gasteiger partial charge in [-0.15, -0.1) is 0 Å². The standard InChI is InChI=1S/C51H67F3N10O8/c1-49(2,18-24-72-50(3,4)19-23-71-25-20-55-37-13-9-12-33-35(37)29-63(46(33)68)39-14-15-42(65)59-45(39)67)62-21-16-31(17-22-62)57-44(66)34-26-41(70-6)38(27-36(34)52)58-48-56-28-40-43(60-48)64(32-10-7-8-11-32)30-51(53,54)47(69)61(40)5/h9,12-13,26-28,31-32,39,55H,7-8,10-11,14-25,29-30H2,1-6H3,(H,57,66)(H,56,58,60)(H,59,65,67). The van der Waals surface area contributed by atoms with Gasteiger partial charge in [0.25, 0.3) is 17.7 Å². The molecule has 18 nitrogen and oxygen atoms in total. The van der Waals surface area contributed by atoms with Gasteiger partial charge in [-0.1, -0.05) is 18.9 Å². The van der Waals surface area contributed by atoms with Gasteiger partial charge in [0.05, 0.1) is 43.3 Å². The van der Waals surface area contributed by atoms with E-state index in [0.717, 1.165) is 54.6 Å². The summed E-state index contributed by atoms with van der Waals surface area (Å²) in [6.45, 7) is 11.3. The molecule has 1 aliphatic carbocycles.